The highest BCUT2D eigenvalue weighted by Crippen LogP contribution is 2.28. The minimum Gasteiger partial charge on any atom is -0.478 e. The summed E-state index contributed by atoms with van der Waals surface area (Å²) < 4.78 is 5.80. The minimum atomic E-state index is -0.983. The molecular weight excluding hydrogens is 292 g/mol. The van der Waals surface area contributed by atoms with Gasteiger partial charge in [-0.2, -0.15) is 0 Å². The largest absolute Gasteiger partial charge is 0.478 e. The first-order valence-corrected chi connectivity index (χ1v) is 7.28. The van der Waals surface area contributed by atoms with Gasteiger partial charge in [0.25, 0.3) is 0 Å². The lowest BCUT2D eigenvalue weighted by atomic mass is 10.0. The molecule has 0 saturated carbocycles. The van der Waals surface area contributed by atoms with Gasteiger partial charge in [-0.3, -0.25) is 0 Å². The van der Waals surface area contributed by atoms with Crippen LogP contribution in [0.3, 0.4) is 0 Å². The first-order valence-electron chi connectivity index (χ1n) is 7.28. The second-order valence-electron chi connectivity index (χ2n) is 5.38. The van der Waals surface area contributed by atoms with E-state index in [0.29, 0.717) is 23.8 Å². The van der Waals surface area contributed by atoms with E-state index in [1.165, 1.54) is 0 Å². The number of carboxylic acid groups (broad SMARTS) is 1. The number of carboxylic acids is 1. The van der Waals surface area contributed by atoms with Gasteiger partial charge >= 0.3 is 5.97 Å². The Bertz CT molecular complexity index is 837. The average molecular weight is 308 g/mol. The summed E-state index contributed by atoms with van der Waals surface area (Å²) in [6, 6.07) is 5.96. The highest BCUT2D eigenvalue weighted by molar-refractivity contribution is 5.93. The summed E-state index contributed by atoms with van der Waals surface area (Å²) in [5.74, 6) is -0.215. The summed E-state index contributed by atoms with van der Waals surface area (Å²) in [7, 11) is 0. The van der Waals surface area contributed by atoms with Crippen LogP contribution in [0.2, 0.25) is 0 Å². The van der Waals surface area contributed by atoms with Crippen LogP contribution >= 0.6 is 0 Å². The molecule has 2 aromatic rings. The van der Waals surface area contributed by atoms with Crippen LogP contribution in [0.25, 0.3) is 17.0 Å². The van der Waals surface area contributed by atoms with E-state index in [4.69, 9.17) is 4.42 Å². The lowest BCUT2D eigenvalue weighted by molar-refractivity contribution is -0.132. The van der Waals surface area contributed by atoms with Gasteiger partial charge in [0.2, 0.25) is 11.8 Å². The predicted molar refractivity (Wildman–Crippen MR) is 86.7 cm³/mol. The Balaban J connectivity index is 2.01. The lowest BCUT2D eigenvalue weighted by Crippen LogP contribution is -1.97. The molecule has 1 aromatic heterocycles. The van der Waals surface area contributed by atoms with E-state index in [2.05, 4.69) is 10.2 Å². The third-order valence-electron chi connectivity index (χ3n) is 3.70. The second kappa shape index (κ2) is 6.04. The van der Waals surface area contributed by atoms with Crippen LogP contribution in [-0.2, 0) is 4.79 Å². The molecule has 0 saturated heterocycles. The van der Waals surface area contributed by atoms with Crippen LogP contribution < -0.4 is 0 Å². The molecule has 3 rings (SSSR count). The molecule has 1 aromatic carbocycles. The standard InChI is InChI=1S/C18H16N2O3/c1-11-6-5-7-12(2)15(11)17-20-19-16(23-17)13-8-3-4-9-14(10-13)18(21)22/h4-10H,3H2,1-2H3,(H,21,22). The maximum Gasteiger partial charge on any atom is 0.335 e. The van der Waals surface area contributed by atoms with Gasteiger partial charge in [-0.05, 0) is 37.5 Å². The Hall–Kier alpha value is -2.95. The topological polar surface area (TPSA) is 76.2 Å². The number of rotatable bonds is 3. The van der Waals surface area contributed by atoms with Gasteiger partial charge < -0.3 is 9.52 Å². The molecule has 23 heavy (non-hydrogen) atoms. The molecule has 1 aliphatic rings. The number of aromatic nitrogens is 2. The highest BCUT2D eigenvalue weighted by atomic mass is 16.4. The predicted octanol–water partition coefficient (Wildman–Crippen LogP) is 3.71. The average Bonchev–Trinajstić information content (AvgIpc) is 2.84. The van der Waals surface area contributed by atoms with Crippen LogP contribution in [0, 0.1) is 13.8 Å². The molecule has 0 spiro atoms. The zero-order valence-corrected chi connectivity index (χ0v) is 12.9. The Labute approximate surface area is 133 Å². The third kappa shape index (κ3) is 2.99. The van der Waals surface area contributed by atoms with Crippen molar-refractivity contribution in [3.63, 3.8) is 0 Å². The maximum atomic E-state index is 11.2. The molecule has 0 bridgehead atoms. The van der Waals surface area contributed by atoms with Crippen LogP contribution in [0.1, 0.15) is 23.4 Å². The second-order valence-corrected chi connectivity index (χ2v) is 5.38. The molecular formula is C18H16N2O3. The van der Waals surface area contributed by atoms with E-state index >= 15 is 0 Å². The monoisotopic (exact) mass is 308 g/mol. The fourth-order valence-corrected chi connectivity index (χ4v) is 2.54. The van der Waals surface area contributed by atoms with E-state index < -0.39 is 5.97 Å². The van der Waals surface area contributed by atoms with Crippen molar-refractivity contribution in [1.29, 1.82) is 0 Å². The van der Waals surface area contributed by atoms with Gasteiger partial charge in [-0.15, -0.1) is 10.2 Å². The van der Waals surface area contributed by atoms with E-state index in [0.717, 1.165) is 16.7 Å². The van der Waals surface area contributed by atoms with Gasteiger partial charge in [0.1, 0.15) is 0 Å². The molecule has 0 aliphatic heterocycles. The summed E-state index contributed by atoms with van der Waals surface area (Å²) in [4.78, 5) is 11.2. The third-order valence-corrected chi connectivity index (χ3v) is 3.70. The van der Waals surface area contributed by atoms with Crippen molar-refractivity contribution in [2.45, 2.75) is 20.3 Å². The van der Waals surface area contributed by atoms with E-state index in [1.54, 1.807) is 18.2 Å². The fourth-order valence-electron chi connectivity index (χ4n) is 2.54. The fraction of sp³-hybridized carbons (Fsp3) is 0.167. The molecule has 1 heterocycles. The number of nitrogens with zero attached hydrogens (tertiary/aromatic N) is 2. The first-order chi connectivity index (χ1) is 11.1. The summed E-state index contributed by atoms with van der Waals surface area (Å²) in [5.41, 5.74) is 3.84. The molecule has 5 heteroatoms. The summed E-state index contributed by atoms with van der Waals surface area (Å²) in [5, 5.41) is 17.4. The first kappa shape index (κ1) is 15.0. The maximum absolute atomic E-state index is 11.2. The number of aryl methyl sites for hydroxylation is 2. The lowest BCUT2D eigenvalue weighted by Gasteiger charge is -2.04. The Morgan fingerprint density at radius 1 is 1.17 bits per heavy atom. The van der Waals surface area contributed by atoms with Gasteiger partial charge in [0, 0.05) is 11.1 Å². The number of hydrogen-bond acceptors (Lipinski definition) is 4. The summed E-state index contributed by atoms with van der Waals surface area (Å²) >= 11 is 0. The molecule has 116 valence electrons. The van der Waals surface area contributed by atoms with E-state index in [-0.39, 0.29) is 5.57 Å². The molecule has 0 atom stereocenters. The zero-order valence-electron chi connectivity index (χ0n) is 12.9. The van der Waals surface area contributed by atoms with Crippen LogP contribution in [0.4, 0.5) is 0 Å². The molecule has 5 nitrogen and oxygen atoms in total. The molecule has 0 fully saturated rings. The van der Waals surface area contributed by atoms with Gasteiger partial charge in [-0.25, -0.2) is 4.79 Å². The molecule has 0 radical (unpaired) electrons. The van der Waals surface area contributed by atoms with Crippen molar-refractivity contribution in [2.75, 3.05) is 0 Å². The number of aliphatic carboxylic acids is 1. The van der Waals surface area contributed by atoms with Crippen LogP contribution in [0.15, 0.2) is 52.5 Å². The molecule has 0 amide bonds. The van der Waals surface area contributed by atoms with Gasteiger partial charge in [-0.1, -0.05) is 36.4 Å². The van der Waals surface area contributed by atoms with E-state index in [1.807, 2.05) is 38.1 Å². The van der Waals surface area contributed by atoms with E-state index in [9.17, 15) is 9.90 Å². The van der Waals surface area contributed by atoms with Gasteiger partial charge in [0.15, 0.2) is 0 Å². The zero-order chi connectivity index (χ0) is 16.4. The normalized spacial score (nSPS) is 14.2. The summed E-state index contributed by atoms with van der Waals surface area (Å²) in [6.45, 7) is 3.98. The Morgan fingerprint density at radius 2 is 1.87 bits per heavy atom. The van der Waals surface area contributed by atoms with Crippen molar-refractivity contribution in [1.82, 2.24) is 10.2 Å². The minimum absolute atomic E-state index is 0.195. The SMILES string of the molecule is Cc1cccc(C)c1-c1nnc(C2=CCC=CC(C(=O)O)=C2)o1. The smallest absolute Gasteiger partial charge is 0.335 e. The molecule has 1 aliphatic carbocycles. The molecule has 0 unspecified atom stereocenters. The van der Waals surface area contributed by atoms with Crippen LogP contribution in [-0.4, -0.2) is 21.3 Å². The number of benzene rings is 1. The number of carbonyl (C=O) groups is 1. The quantitative estimate of drug-likeness (QED) is 0.935. The Morgan fingerprint density at radius 3 is 2.57 bits per heavy atom. The number of hydrogen-bond donors (Lipinski definition) is 1. The van der Waals surface area contributed by atoms with Crippen molar-refractivity contribution >= 4 is 11.5 Å². The van der Waals surface area contributed by atoms with Crippen LogP contribution in [0.5, 0.6) is 0 Å². The van der Waals surface area contributed by atoms with Crippen molar-refractivity contribution in [3.05, 3.63) is 65.1 Å². The summed E-state index contributed by atoms with van der Waals surface area (Å²) in [6.07, 6.45) is 7.40. The van der Waals surface area contributed by atoms with Crippen molar-refractivity contribution < 1.29 is 14.3 Å². The number of allylic oxidation sites excluding steroid dienone is 4. The Kier molecular flexibility index (Phi) is 3.93. The molecule has 1 N–H and O–H groups in total. The van der Waals surface area contributed by atoms with Gasteiger partial charge in [0.05, 0.1) is 5.57 Å². The van der Waals surface area contributed by atoms with Crippen molar-refractivity contribution in [2.24, 2.45) is 0 Å². The highest BCUT2D eigenvalue weighted by Gasteiger charge is 2.16. The van der Waals surface area contributed by atoms with Crippen molar-refractivity contribution in [3.8, 4) is 11.5 Å².